The van der Waals surface area contributed by atoms with Gasteiger partial charge in [-0.1, -0.05) is 59.6 Å². The number of rotatable bonds is 4. The van der Waals surface area contributed by atoms with Gasteiger partial charge in [-0.2, -0.15) is 5.10 Å². The predicted molar refractivity (Wildman–Crippen MR) is 196 cm³/mol. The third-order valence-electron chi connectivity index (χ3n) is 12.1. The van der Waals surface area contributed by atoms with Crippen LogP contribution in [0.1, 0.15) is 43.7 Å². The molecule has 3 fully saturated rings. The lowest BCUT2D eigenvalue weighted by Crippen LogP contribution is -2.49. The standard InChI is InChI=1S/C40H35ClN4O5S/c1-5-44-36(47)24-14-13-23-27(32(24)38(44)49)17-28-37(48)45(31-18-29(42-43(31)4)35-19(2)26-16-21(41)11-15-30(26)51-35)39(50)40(28,3)33(23)25-12-10-20-8-6-7-9-22(20)34(25)46/h6-13,15-16,18,24,27-28,32-33,46H,5,14,17H2,1-4H3/t24-,27+,28-,32-,33+,40+/m0/s1. The molecule has 4 heterocycles. The van der Waals surface area contributed by atoms with Crippen LogP contribution in [0.25, 0.3) is 31.4 Å². The zero-order chi connectivity index (χ0) is 35.7. The van der Waals surface area contributed by atoms with Crippen LogP contribution in [0.5, 0.6) is 5.75 Å². The van der Waals surface area contributed by atoms with Crippen molar-refractivity contribution in [1.82, 2.24) is 14.7 Å². The minimum Gasteiger partial charge on any atom is -0.507 e. The lowest BCUT2D eigenvalue weighted by atomic mass is 9.51. The van der Waals surface area contributed by atoms with Crippen LogP contribution in [0, 0.1) is 36.0 Å². The molecule has 3 aromatic carbocycles. The van der Waals surface area contributed by atoms with Gasteiger partial charge in [0.15, 0.2) is 0 Å². The number of aryl methyl sites for hydroxylation is 2. The Bertz CT molecular complexity index is 2430. The molecule has 1 N–H and O–H groups in total. The maximum absolute atomic E-state index is 15.1. The number of phenolic OH excluding ortho intramolecular Hbond substituents is 1. The minimum atomic E-state index is -1.29. The van der Waals surface area contributed by atoms with Crippen molar-refractivity contribution in [3.8, 4) is 16.3 Å². The number of carbonyl (C=O) groups is 4. The molecule has 6 atom stereocenters. The van der Waals surface area contributed by atoms with Gasteiger partial charge in [-0.25, -0.2) is 4.90 Å². The van der Waals surface area contributed by atoms with Crippen LogP contribution in [-0.4, -0.2) is 50.0 Å². The van der Waals surface area contributed by atoms with Crippen LogP contribution in [0.3, 0.4) is 0 Å². The predicted octanol–water partition coefficient (Wildman–Crippen LogP) is 7.37. The monoisotopic (exact) mass is 718 g/mol. The molecule has 9 nitrogen and oxygen atoms in total. The van der Waals surface area contributed by atoms with Crippen LogP contribution in [0.2, 0.25) is 5.02 Å². The van der Waals surface area contributed by atoms with Crippen molar-refractivity contribution >= 4 is 73.2 Å². The Labute approximate surface area is 303 Å². The third-order valence-corrected chi connectivity index (χ3v) is 13.7. The van der Waals surface area contributed by atoms with E-state index in [0.29, 0.717) is 33.9 Å². The van der Waals surface area contributed by atoms with E-state index in [4.69, 9.17) is 16.7 Å². The Morgan fingerprint density at radius 3 is 2.55 bits per heavy atom. The van der Waals surface area contributed by atoms with Crippen LogP contribution in [-0.2, 0) is 26.2 Å². The quantitative estimate of drug-likeness (QED) is 0.153. The maximum Gasteiger partial charge on any atom is 0.242 e. The molecule has 0 spiro atoms. The van der Waals surface area contributed by atoms with E-state index in [-0.39, 0.29) is 42.3 Å². The number of nitrogens with zero attached hydrogens (tertiary/aromatic N) is 4. The Balaban J connectivity index is 1.20. The summed E-state index contributed by atoms with van der Waals surface area (Å²) in [6.45, 7) is 5.92. The van der Waals surface area contributed by atoms with Crippen molar-refractivity contribution in [3.63, 3.8) is 0 Å². The first kappa shape index (κ1) is 32.1. The molecule has 51 heavy (non-hydrogen) atoms. The van der Waals surface area contributed by atoms with Crippen molar-refractivity contribution < 1.29 is 24.3 Å². The van der Waals surface area contributed by atoms with E-state index in [1.807, 2.05) is 74.5 Å². The van der Waals surface area contributed by atoms with Gasteiger partial charge in [0.25, 0.3) is 0 Å². The largest absolute Gasteiger partial charge is 0.507 e. The van der Waals surface area contributed by atoms with Crippen molar-refractivity contribution in [2.45, 2.75) is 39.5 Å². The average molecular weight is 719 g/mol. The lowest BCUT2D eigenvalue weighted by Gasteiger charge is -2.49. The van der Waals surface area contributed by atoms with E-state index in [2.05, 4.69) is 0 Å². The second kappa shape index (κ2) is 11.1. The Morgan fingerprint density at radius 2 is 1.76 bits per heavy atom. The van der Waals surface area contributed by atoms with Crippen molar-refractivity contribution in [3.05, 3.63) is 88.5 Å². The van der Waals surface area contributed by atoms with E-state index in [1.165, 1.54) is 9.80 Å². The van der Waals surface area contributed by atoms with E-state index < -0.39 is 35.0 Å². The number of aromatic hydroxyl groups is 1. The zero-order valence-corrected chi connectivity index (χ0v) is 30.1. The van der Waals surface area contributed by atoms with Crippen molar-refractivity contribution in [1.29, 1.82) is 0 Å². The number of imide groups is 2. The molecule has 0 unspecified atom stereocenters. The molecular formula is C40H35ClN4O5S. The number of benzene rings is 3. The third kappa shape index (κ3) is 4.23. The number of phenols is 1. The summed E-state index contributed by atoms with van der Waals surface area (Å²) in [5.41, 5.74) is 1.73. The highest BCUT2D eigenvalue weighted by atomic mass is 35.5. The summed E-state index contributed by atoms with van der Waals surface area (Å²) < 4.78 is 2.63. The van der Waals surface area contributed by atoms with Gasteiger partial charge in [0.2, 0.25) is 23.6 Å². The van der Waals surface area contributed by atoms with Gasteiger partial charge >= 0.3 is 0 Å². The number of likely N-dealkylation sites (tertiary alicyclic amines) is 1. The van der Waals surface area contributed by atoms with Crippen LogP contribution in [0.15, 0.2) is 72.3 Å². The normalized spacial score (nSPS) is 27.4. The fraction of sp³-hybridized carbons (Fsp3) is 0.325. The molecule has 5 aromatic rings. The molecule has 11 heteroatoms. The topological polar surface area (TPSA) is 113 Å². The summed E-state index contributed by atoms with van der Waals surface area (Å²) in [6.07, 6.45) is 2.61. The first-order valence-electron chi connectivity index (χ1n) is 17.3. The number of halogens is 1. The fourth-order valence-electron chi connectivity index (χ4n) is 9.67. The lowest BCUT2D eigenvalue weighted by molar-refractivity contribution is -0.140. The molecule has 258 valence electrons. The molecule has 9 rings (SSSR count). The molecule has 0 bridgehead atoms. The van der Waals surface area contributed by atoms with E-state index >= 15 is 4.79 Å². The summed E-state index contributed by atoms with van der Waals surface area (Å²) in [5, 5.41) is 19.9. The highest BCUT2D eigenvalue weighted by molar-refractivity contribution is 7.22. The second-order valence-electron chi connectivity index (χ2n) is 14.5. The van der Waals surface area contributed by atoms with Gasteiger partial charge in [0, 0.05) is 46.2 Å². The van der Waals surface area contributed by atoms with Gasteiger partial charge in [-0.05, 0) is 74.1 Å². The molecule has 2 aliphatic carbocycles. The number of aromatic nitrogens is 2. The Kier molecular flexibility index (Phi) is 6.99. The molecule has 4 amide bonds. The van der Waals surface area contributed by atoms with Crippen LogP contribution >= 0.6 is 22.9 Å². The zero-order valence-electron chi connectivity index (χ0n) is 28.5. The number of hydrogen-bond donors (Lipinski definition) is 1. The van der Waals surface area contributed by atoms with Gasteiger partial charge in [-0.15, -0.1) is 11.3 Å². The molecular weight excluding hydrogens is 684 g/mol. The van der Waals surface area contributed by atoms with Gasteiger partial charge in [0.05, 0.1) is 28.0 Å². The molecule has 2 aliphatic heterocycles. The second-order valence-corrected chi connectivity index (χ2v) is 16.0. The van der Waals surface area contributed by atoms with Gasteiger partial charge in [-0.3, -0.25) is 28.8 Å². The number of fused-ring (bicyclic) bond motifs is 6. The summed E-state index contributed by atoms with van der Waals surface area (Å²) >= 11 is 7.89. The molecule has 0 radical (unpaired) electrons. The minimum absolute atomic E-state index is 0.0487. The summed E-state index contributed by atoms with van der Waals surface area (Å²) in [6, 6.07) is 18.8. The van der Waals surface area contributed by atoms with Crippen LogP contribution < -0.4 is 4.90 Å². The SMILES string of the molecule is CCN1C(=O)[C@H]2[C@H](CC=C3[C@H]2C[C@H]2C(=O)N(c4cc(-c5sc6ccc(Cl)cc6c5C)nn4C)C(=O)[C@@]2(C)[C@H]3c2ccc3ccccc3c2O)C1=O. The number of thiophene rings is 1. The highest BCUT2D eigenvalue weighted by Crippen LogP contribution is 2.64. The van der Waals surface area contributed by atoms with Gasteiger partial charge in [0.1, 0.15) is 17.3 Å². The van der Waals surface area contributed by atoms with Gasteiger partial charge < -0.3 is 5.11 Å². The summed E-state index contributed by atoms with van der Waals surface area (Å²) in [4.78, 5) is 60.7. The molecule has 2 aromatic heterocycles. The summed E-state index contributed by atoms with van der Waals surface area (Å²) in [7, 11) is 1.73. The number of carbonyl (C=O) groups excluding carboxylic acids is 4. The molecule has 1 saturated carbocycles. The van der Waals surface area contributed by atoms with Crippen molar-refractivity contribution in [2.24, 2.45) is 36.1 Å². The first-order valence-corrected chi connectivity index (χ1v) is 18.5. The number of allylic oxidation sites excluding steroid dienone is 2. The Morgan fingerprint density at radius 1 is 0.980 bits per heavy atom. The number of anilines is 1. The first-order chi connectivity index (χ1) is 24.4. The van der Waals surface area contributed by atoms with E-state index in [0.717, 1.165) is 31.5 Å². The maximum atomic E-state index is 15.1. The summed E-state index contributed by atoms with van der Waals surface area (Å²) in [5.74, 6) is -3.86. The number of hydrogen-bond acceptors (Lipinski definition) is 7. The molecule has 4 aliphatic rings. The van der Waals surface area contributed by atoms with E-state index in [9.17, 15) is 19.5 Å². The highest BCUT2D eigenvalue weighted by Gasteiger charge is 2.68. The fourth-order valence-corrected chi connectivity index (χ4v) is 11.0. The van der Waals surface area contributed by atoms with E-state index in [1.54, 1.807) is 36.1 Å². The number of amides is 4. The average Bonchev–Trinajstić information content (AvgIpc) is 3.79. The smallest absolute Gasteiger partial charge is 0.242 e. The van der Waals surface area contributed by atoms with Crippen molar-refractivity contribution in [2.75, 3.05) is 11.4 Å². The molecule has 2 saturated heterocycles. The Hall–Kier alpha value is -4.80. The van der Waals surface area contributed by atoms with Crippen LogP contribution in [0.4, 0.5) is 5.82 Å².